The molecule has 2 rings (SSSR count). The molecule has 2 aromatic carbocycles. The number of amides is 1. The molecule has 21 heavy (non-hydrogen) atoms. The van der Waals surface area contributed by atoms with Crippen molar-refractivity contribution >= 4 is 27.5 Å². The molecular weight excluding hydrogens is 335 g/mol. The van der Waals surface area contributed by atoms with E-state index in [-0.39, 0.29) is 11.7 Å². The van der Waals surface area contributed by atoms with Crippen molar-refractivity contribution in [1.29, 1.82) is 0 Å². The number of rotatable bonds is 5. The number of nitrogens with one attached hydrogen (secondary N) is 2. The fraction of sp³-hybridized carbons (Fsp3) is 0.188. The second-order valence-electron chi connectivity index (χ2n) is 4.68. The van der Waals surface area contributed by atoms with Crippen molar-refractivity contribution < 1.29 is 9.18 Å². The highest BCUT2D eigenvalue weighted by atomic mass is 79.9. The van der Waals surface area contributed by atoms with Gasteiger partial charge in [0.15, 0.2) is 0 Å². The molecule has 2 N–H and O–H groups in total. The second-order valence-corrected chi connectivity index (χ2v) is 5.53. The van der Waals surface area contributed by atoms with Crippen molar-refractivity contribution in [3.8, 4) is 0 Å². The van der Waals surface area contributed by atoms with Crippen LogP contribution in [0.1, 0.15) is 18.1 Å². The number of hydrogen-bond acceptors (Lipinski definition) is 2. The van der Waals surface area contributed by atoms with Gasteiger partial charge in [0.05, 0.1) is 0 Å². The Morgan fingerprint density at radius 2 is 1.86 bits per heavy atom. The Bertz CT molecular complexity index is 646. The Hall–Kier alpha value is -1.72. The zero-order valence-electron chi connectivity index (χ0n) is 11.6. The first-order valence-corrected chi connectivity index (χ1v) is 7.35. The van der Waals surface area contributed by atoms with Gasteiger partial charge in [0.1, 0.15) is 5.82 Å². The van der Waals surface area contributed by atoms with E-state index in [9.17, 15) is 9.18 Å². The van der Waals surface area contributed by atoms with Crippen LogP contribution in [0.2, 0.25) is 0 Å². The smallest absolute Gasteiger partial charge is 0.221 e. The Morgan fingerprint density at radius 1 is 1.14 bits per heavy atom. The summed E-state index contributed by atoms with van der Waals surface area (Å²) < 4.78 is 14.1. The predicted molar refractivity (Wildman–Crippen MR) is 85.4 cm³/mol. The number of anilines is 1. The van der Waals surface area contributed by atoms with E-state index in [4.69, 9.17) is 0 Å². The average molecular weight is 351 g/mol. The Labute approximate surface area is 131 Å². The van der Waals surface area contributed by atoms with Crippen molar-refractivity contribution in [3.05, 3.63) is 63.9 Å². The minimum absolute atomic E-state index is 0.102. The predicted octanol–water partition coefficient (Wildman–Crippen LogP) is 3.84. The van der Waals surface area contributed by atoms with Crippen molar-refractivity contribution in [2.75, 3.05) is 5.32 Å². The Morgan fingerprint density at radius 3 is 2.62 bits per heavy atom. The molecule has 110 valence electrons. The number of halogens is 2. The lowest BCUT2D eigenvalue weighted by atomic mass is 10.1. The molecule has 0 aliphatic carbocycles. The first-order chi connectivity index (χ1) is 10.1. The highest BCUT2D eigenvalue weighted by molar-refractivity contribution is 9.10. The maximum absolute atomic E-state index is 13.2. The zero-order chi connectivity index (χ0) is 15.2. The van der Waals surface area contributed by atoms with Crippen molar-refractivity contribution in [2.45, 2.75) is 20.0 Å². The van der Waals surface area contributed by atoms with Gasteiger partial charge in [0.25, 0.3) is 0 Å². The van der Waals surface area contributed by atoms with Crippen LogP contribution in [0.5, 0.6) is 0 Å². The van der Waals surface area contributed by atoms with Crippen LogP contribution in [0.25, 0.3) is 0 Å². The molecule has 5 heteroatoms. The van der Waals surface area contributed by atoms with E-state index >= 15 is 0 Å². The van der Waals surface area contributed by atoms with E-state index < -0.39 is 0 Å². The second kappa shape index (κ2) is 7.33. The molecule has 0 heterocycles. The van der Waals surface area contributed by atoms with E-state index in [0.717, 1.165) is 21.3 Å². The van der Waals surface area contributed by atoms with Crippen molar-refractivity contribution in [3.63, 3.8) is 0 Å². The highest BCUT2D eigenvalue weighted by Crippen LogP contribution is 2.19. The highest BCUT2D eigenvalue weighted by Gasteiger charge is 2.05. The molecule has 0 aliphatic heterocycles. The lowest BCUT2D eigenvalue weighted by molar-refractivity contribution is -0.114. The maximum Gasteiger partial charge on any atom is 0.221 e. The topological polar surface area (TPSA) is 41.1 Å². The Kier molecular flexibility index (Phi) is 5.47. The minimum atomic E-state index is -0.256. The van der Waals surface area contributed by atoms with E-state index in [2.05, 4.69) is 26.6 Å². The zero-order valence-corrected chi connectivity index (χ0v) is 13.2. The molecular formula is C16H16BrFN2O. The minimum Gasteiger partial charge on any atom is -0.326 e. The maximum atomic E-state index is 13.2. The molecule has 0 aliphatic rings. The van der Waals surface area contributed by atoms with Gasteiger partial charge < -0.3 is 10.6 Å². The first-order valence-electron chi connectivity index (χ1n) is 6.56. The SMILES string of the molecule is CC(=O)Nc1ccccc1CNCc1cc(F)ccc1Br. The van der Waals surface area contributed by atoms with Crippen LogP contribution in [0.15, 0.2) is 46.9 Å². The summed E-state index contributed by atoms with van der Waals surface area (Å²) in [6, 6.07) is 12.2. The lowest BCUT2D eigenvalue weighted by Crippen LogP contribution is -2.16. The van der Waals surface area contributed by atoms with E-state index in [0.29, 0.717) is 13.1 Å². The molecule has 0 fully saturated rings. The monoisotopic (exact) mass is 350 g/mol. The summed E-state index contributed by atoms with van der Waals surface area (Å²) in [5.74, 6) is -0.357. The number of carbonyl (C=O) groups is 1. The molecule has 0 bridgehead atoms. The summed E-state index contributed by atoms with van der Waals surface area (Å²) in [7, 11) is 0. The third kappa shape index (κ3) is 4.65. The largest absolute Gasteiger partial charge is 0.326 e. The van der Waals surface area contributed by atoms with Gasteiger partial charge in [-0.2, -0.15) is 0 Å². The number of hydrogen-bond donors (Lipinski definition) is 2. The summed E-state index contributed by atoms with van der Waals surface area (Å²) in [5, 5.41) is 6.05. The van der Waals surface area contributed by atoms with Gasteiger partial charge in [-0.3, -0.25) is 4.79 Å². The summed E-state index contributed by atoms with van der Waals surface area (Å²) in [6.45, 7) is 2.60. The quantitative estimate of drug-likeness (QED) is 0.860. The van der Waals surface area contributed by atoms with E-state index in [1.165, 1.54) is 19.1 Å². The fourth-order valence-electron chi connectivity index (χ4n) is 2.00. The Balaban J connectivity index is 2.00. The third-order valence-electron chi connectivity index (χ3n) is 2.97. The third-order valence-corrected chi connectivity index (χ3v) is 3.74. The molecule has 0 aromatic heterocycles. The molecule has 0 radical (unpaired) electrons. The van der Waals surface area contributed by atoms with Gasteiger partial charge in [0.2, 0.25) is 5.91 Å². The van der Waals surface area contributed by atoms with Gasteiger partial charge in [-0.1, -0.05) is 34.1 Å². The van der Waals surface area contributed by atoms with Crippen LogP contribution in [-0.2, 0) is 17.9 Å². The number of benzene rings is 2. The molecule has 0 saturated heterocycles. The molecule has 0 spiro atoms. The van der Waals surface area contributed by atoms with Crippen LogP contribution in [-0.4, -0.2) is 5.91 Å². The van der Waals surface area contributed by atoms with Gasteiger partial charge in [-0.05, 0) is 35.4 Å². The van der Waals surface area contributed by atoms with Gasteiger partial charge in [0, 0.05) is 30.2 Å². The van der Waals surface area contributed by atoms with Gasteiger partial charge in [-0.25, -0.2) is 4.39 Å². The van der Waals surface area contributed by atoms with Crippen LogP contribution in [0.3, 0.4) is 0 Å². The summed E-state index contributed by atoms with van der Waals surface area (Å²) in [6.07, 6.45) is 0. The van der Waals surface area contributed by atoms with Crippen molar-refractivity contribution in [2.24, 2.45) is 0 Å². The standard InChI is InChI=1S/C16H16BrFN2O/c1-11(21)20-16-5-3-2-4-12(16)9-19-10-13-8-14(18)6-7-15(13)17/h2-8,19H,9-10H2,1H3,(H,20,21). The van der Waals surface area contributed by atoms with E-state index in [1.807, 2.05) is 24.3 Å². The molecule has 0 unspecified atom stereocenters. The summed E-state index contributed by atoms with van der Waals surface area (Å²) in [5.41, 5.74) is 2.63. The normalized spacial score (nSPS) is 10.4. The molecule has 0 atom stereocenters. The van der Waals surface area contributed by atoms with Gasteiger partial charge in [-0.15, -0.1) is 0 Å². The van der Waals surface area contributed by atoms with Crippen LogP contribution in [0.4, 0.5) is 10.1 Å². The molecule has 1 amide bonds. The average Bonchev–Trinajstić information content (AvgIpc) is 2.44. The lowest BCUT2D eigenvalue weighted by Gasteiger charge is -2.11. The number of carbonyl (C=O) groups excluding carboxylic acids is 1. The first kappa shape index (κ1) is 15.7. The van der Waals surface area contributed by atoms with Crippen LogP contribution < -0.4 is 10.6 Å². The summed E-state index contributed by atoms with van der Waals surface area (Å²) >= 11 is 3.40. The summed E-state index contributed by atoms with van der Waals surface area (Å²) in [4.78, 5) is 11.2. The van der Waals surface area contributed by atoms with Crippen molar-refractivity contribution in [1.82, 2.24) is 5.32 Å². The molecule has 3 nitrogen and oxygen atoms in total. The molecule has 0 saturated carbocycles. The number of para-hydroxylation sites is 1. The van der Waals surface area contributed by atoms with E-state index in [1.54, 1.807) is 6.07 Å². The molecule has 2 aromatic rings. The fourth-order valence-corrected chi connectivity index (χ4v) is 2.38. The van der Waals surface area contributed by atoms with Crippen LogP contribution >= 0.6 is 15.9 Å². The van der Waals surface area contributed by atoms with Gasteiger partial charge >= 0.3 is 0 Å². The van der Waals surface area contributed by atoms with Crippen LogP contribution in [0, 0.1) is 5.82 Å².